The maximum atomic E-state index is 12.3. The molecule has 2 N–H and O–H groups in total. The Kier molecular flexibility index (Phi) is 5.57. The number of nitrogens with zero attached hydrogens (tertiary/aromatic N) is 2. The number of amides is 2. The number of methoxy groups -OCH3 is 2. The van der Waals surface area contributed by atoms with E-state index in [1.165, 1.54) is 7.11 Å². The molecule has 1 atom stereocenters. The second kappa shape index (κ2) is 8.05. The third-order valence-corrected chi connectivity index (χ3v) is 4.19. The van der Waals surface area contributed by atoms with Crippen molar-refractivity contribution >= 4 is 23.5 Å². The van der Waals surface area contributed by atoms with Gasteiger partial charge in [-0.3, -0.25) is 14.9 Å². The van der Waals surface area contributed by atoms with E-state index in [9.17, 15) is 9.59 Å². The number of aliphatic imine (C=N–C) groups is 1. The second-order valence-corrected chi connectivity index (χ2v) is 5.88. The van der Waals surface area contributed by atoms with Crippen LogP contribution in [0, 0.1) is 0 Å². The molecule has 2 amide bonds. The van der Waals surface area contributed by atoms with Gasteiger partial charge in [0.25, 0.3) is 5.91 Å². The van der Waals surface area contributed by atoms with Gasteiger partial charge in [0.1, 0.15) is 17.5 Å². The number of carbonyl (C=O) groups excluding carboxylic acids is 2. The topological polar surface area (TPSA) is 101 Å². The molecule has 140 valence electrons. The Morgan fingerprint density at radius 1 is 1.35 bits per heavy atom. The number of hydrogen-bond donors (Lipinski definition) is 2. The van der Waals surface area contributed by atoms with Crippen LogP contribution in [-0.4, -0.2) is 69.2 Å². The highest BCUT2D eigenvalue weighted by molar-refractivity contribution is 6.07. The van der Waals surface area contributed by atoms with Gasteiger partial charge in [0, 0.05) is 19.2 Å². The van der Waals surface area contributed by atoms with Crippen LogP contribution in [0.2, 0.25) is 0 Å². The fourth-order valence-corrected chi connectivity index (χ4v) is 2.78. The number of rotatable bonds is 5. The molecule has 1 aromatic carbocycles. The Morgan fingerprint density at radius 2 is 2.12 bits per heavy atom. The number of hydrogen-bond acceptors (Lipinski definition) is 7. The molecule has 0 bridgehead atoms. The summed E-state index contributed by atoms with van der Waals surface area (Å²) in [7, 11) is 3.06. The zero-order chi connectivity index (χ0) is 18.5. The molecular formula is C17H22N4O5. The lowest BCUT2D eigenvalue weighted by molar-refractivity contribution is -0.124. The van der Waals surface area contributed by atoms with Crippen molar-refractivity contribution in [1.29, 1.82) is 0 Å². The molecule has 9 heteroatoms. The molecule has 1 unspecified atom stereocenters. The molecule has 1 saturated heterocycles. The molecule has 0 radical (unpaired) electrons. The fourth-order valence-electron chi connectivity index (χ4n) is 2.78. The van der Waals surface area contributed by atoms with Gasteiger partial charge in [-0.1, -0.05) is 0 Å². The first-order chi connectivity index (χ1) is 12.6. The molecule has 0 spiro atoms. The van der Waals surface area contributed by atoms with Crippen LogP contribution >= 0.6 is 0 Å². The van der Waals surface area contributed by atoms with Crippen LogP contribution in [0.1, 0.15) is 6.42 Å². The zero-order valence-corrected chi connectivity index (χ0v) is 14.8. The Balaban J connectivity index is 1.62. The van der Waals surface area contributed by atoms with Crippen molar-refractivity contribution in [3.8, 4) is 11.5 Å². The van der Waals surface area contributed by atoms with Gasteiger partial charge >= 0.3 is 0 Å². The van der Waals surface area contributed by atoms with Gasteiger partial charge in [-0.15, -0.1) is 0 Å². The average Bonchev–Trinajstić information content (AvgIpc) is 3.03. The van der Waals surface area contributed by atoms with Crippen molar-refractivity contribution in [1.82, 2.24) is 10.2 Å². The van der Waals surface area contributed by atoms with E-state index < -0.39 is 6.04 Å². The number of morpholine rings is 1. The average molecular weight is 362 g/mol. The van der Waals surface area contributed by atoms with Crippen LogP contribution in [0.3, 0.4) is 0 Å². The van der Waals surface area contributed by atoms with Crippen LogP contribution in [-0.2, 0) is 14.3 Å². The quantitative estimate of drug-likeness (QED) is 0.777. The molecular weight excluding hydrogens is 340 g/mol. The first-order valence-corrected chi connectivity index (χ1v) is 8.34. The normalized spacial score (nSPS) is 19.6. The summed E-state index contributed by atoms with van der Waals surface area (Å²) in [5, 5.41) is 5.49. The maximum Gasteiger partial charge on any atom is 0.252 e. The van der Waals surface area contributed by atoms with E-state index in [4.69, 9.17) is 14.2 Å². The maximum absolute atomic E-state index is 12.3. The van der Waals surface area contributed by atoms with E-state index in [0.29, 0.717) is 49.4 Å². The largest absolute Gasteiger partial charge is 0.497 e. The van der Waals surface area contributed by atoms with E-state index in [0.717, 1.165) is 0 Å². The van der Waals surface area contributed by atoms with Crippen molar-refractivity contribution in [3.05, 3.63) is 18.2 Å². The smallest absolute Gasteiger partial charge is 0.252 e. The summed E-state index contributed by atoms with van der Waals surface area (Å²) in [6.07, 6.45) is -0.0468. The zero-order valence-electron chi connectivity index (χ0n) is 14.8. The monoisotopic (exact) mass is 362 g/mol. The molecule has 2 heterocycles. The standard InChI is InChI=1S/C17H22N4O5/c1-24-11-3-4-12(14(9-11)25-2)18-15(22)10-13-16(23)20-17(19-13)21-5-7-26-8-6-21/h3-4,9,13H,5-8,10H2,1-2H3,(H,18,22)(H,19,20,23). The van der Waals surface area contributed by atoms with Crippen molar-refractivity contribution < 1.29 is 23.8 Å². The summed E-state index contributed by atoms with van der Waals surface area (Å²) < 4.78 is 15.7. The molecule has 9 nitrogen and oxygen atoms in total. The lowest BCUT2D eigenvalue weighted by Crippen LogP contribution is -2.46. The Bertz CT molecular complexity index is 715. The molecule has 3 rings (SSSR count). The van der Waals surface area contributed by atoms with Gasteiger partial charge in [0.2, 0.25) is 11.9 Å². The number of carbonyl (C=O) groups is 2. The first-order valence-electron chi connectivity index (χ1n) is 8.34. The highest BCUT2D eigenvalue weighted by Crippen LogP contribution is 2.29. The van der Waals surface area contributed by atoms with Crippen LogP contribution in [0.25, 0.3) is 0 Å². The first kappa shape index (κ1) is 18.0. The summed E-state index contributed by atoms with van der Waals surface area (Å²) in [5.41, 5.74) is 0.508. The number of nitrogens with one attached hydrogen (secondary N) is 2. The third kappa shape index (κ3) is 4.05. The van der Waals surface area contributed by atoms with Crippen molar-refractivity contribution in [2.75, 3.05) is 45.8 Å². The van der Waals surface area contributed by atoms with E-state index in [-0.39, 0.29) is 18.2 Å². The van der Waals surface area contributed by atoms with Crippen molar-refractivity contribution in [3.63, 3.8) is 0 Å². The molecule has 1 fully saturated rings. The van der Waals surface area contributed by atoms with Gasteiger partial charge in [-0.2, -0.15) is 0 Å². The molecule has 0 aromatic heterocycles. The van der Waals surface area contributed by atoms with Gasteiger partial charge in [0.05, 0.1) is 39.5 Å². The number of benzene rings is 1. The predicted molar refractivity (Wildman–Crippen MR) is 94.6 cm³/mol. The molecule has 0 aliphatic carbocycles. The van der Waals surface area contributed by atoms with Gasteiger partial charge in [-0.25, -0.2) is 4.99 Å². The van der Waals surface area contributed by atoms with Crippen molar-refractivity contribution in [2.45, 2.75) is 12.5 Å². The van der Waals surface area contributed by atoms with Crippen molar-refractivity contribution in [2.24, 2.45) is 4.99 Å². The predicted octanol–water partition coefficient (Wildman–Crippen LogP) is 0.219. The van der Waals surface area contributed by atoms with Crippen LogP contribution in [0.15, 0.2) is 23.2 Å². The summed E-state index contributed by atoms with van der Waals surface area (Å²) in [4.78, 5) is 30.8. The number of ether oxygens (including phenoxy) is 3. The summed E-state index contributed by atoms with van der Waals surface area (Å²) in [6, 6.07) is 4.34. The van der Waals surface area contributed by atoms with E-state index in [1.807, 2.05) is 4.90 Å². The highest BCUT2D eigenvalue weighted by atomic mass is 16.5. The molecule has 1 aromatic rings. The number of anilines is 1. The Labute approximate surface area is 151 Å². The minimum absolute atomic E-state index is 0.0468. The lowest BCUT2D eigenvalue weighted by atomic mass is 10.2. The third-order valence-electron chi connectivity index (χ3n) is 4.19. The molecule has 0 saturated carbocycles. The molecule has 2 aliphatic rings. The van der Waals surface area contributed by atoms with Crippen LogP contribution < -0.4 is 20.1 Å². The Hall–Kier alpha value is -2.81. The van der Waals surface area contributed by atoms with Crippen LogP contribution in [0.4, 0.5) is 5.69 Å². The van der Waals surface area contributed by atoms with E-state index >= 15 is 0 Å². The second-order valence-electron chi connectivity index (χ2n) is 5.88. The van der Waals surface area contributed by atoms with Crippen LogP contribution in [0.5, 0.6) is 11.5 Å². The number of guanidine groups is 1. The Morgan fingerprint density at radius 3 is 2.81 bits per heavy atom. The van der Waals surface area contributed by atoms with E-state index in [2.05, 4.69) is 15.6 Å². The molecule has 2 aliphatic heterocycles. The SMILES string of the molecule is COc1ccc(NC(=O)CC2N=C(N3CCOCC3)NC2=O)c(OC)c1. The fraction of sp³-hybridized carbons (Fsp3) is 0.471. The minimum atomic E-state index is -0.739. The summed E-state index contributed by atoms with van der Waals surface area (Å²) >= 11 is 0. The lowest BCUT2D eigenvalue weighted by Gasteiger charge is -2.27. The van der Waals surface area contributed by atoms with Gasteiger partial charge in [0.15, 0.2) is 0 Å². The summed E-state index contributed by atoms with van der Waals surface area (Å²) in [5.74, 6) is 1.02. The summed E-state index contributed by atoms with van der Waals surface area (Å²) in [6.45, 7) is 2.52. The van der Waals surface area contributed by atoms with E-state index in [1.54, 1.807) is 25.3 Å². The molecule has 26 heavy (non-hydrogen) atoms. The minimum Gasteiger partial charge on any atom is -0.497 e. The highest BCUT2D eigenvalue weighted by Gasteiger charge is 2.31. The van der Waals surface area contributed by atoms with Gasteiger partial charge in [-0.05, 0) is 12.1 Å². The van der Waals surface area contributed by atoms with Gasteiger partial charge < -0.3 is 24.4 Å².